The van der Waals surface area contributed by atoms with Gasteiger partial charge in [0.2, 0.25) is 5.91 Å². The lowest BCUT2D eigenvalue weighted by molar-refractivity contribution is -0.120. The number of benzene rings is 1. The van der Waals surface area contributed by atoms with Crippen molar-refractivity contribution in [1.29, 1.82) is 0 Å². The zero-order valence-electron chi connectivity index (χ0n) is 13.0. The summed E-state index contributed by atoms with van der Waals surface area (Å²) >= 11 is 0. The molecule has 0 spiro atoms. The van der Waals surface area contributed by atoms with Crippen molar-refractivity contribution >= 4 is 18.3 Å². The van der Waals surface area contributed by atoms with Crippen molar-refractivity contribution in [2.24, 2.45) is 5.73 Å². The van der Waals surface area contributed by atoms with E-state index in [0.29, 0.717) is 13.0 Å². The van der Waals surface area contributed by atoms with Crippen LogP contribution in [0.1, 0.15) is 43.4 Å². The lowest BCUT2D eigenvalue weighted by atomic mass is 9.94. The van der Waals surface area contributed by atoms with E-state index in [9.17, 15) is 4.79 Å². The molecule has 0 fully saturated rings. The van der Waals surface area contributed by atoms with Crippen LogP contribution in [0.2, 0.25) is 0 Å². The van der Waals surface area contributed by atoms with Gasteiger partial charge in [-0.3, -0.25) is 4.79 Å². The molecular formula is C16H27ClN2O. The van der Waals surface area contributed by atoms with Gasteiger partial charge in [-0.2, -0.15) is 0 Å². The summed E-state index contributed by atoms with van der Waals surface area (Å²) in [5, 5.41) is 2.96. The Balaban J connectivity index is 0.00000361. The third kappa shape index (κ3) is 5.51. The van der Waals surface area contributed by atoms with Crippen LogP contribution in [0.3, 0.4) is 0 Å². The summed E-state index contributed by atoms with van der Waals surface area (Å²) in [6.45, 7) is 8.73. The SMILES string of the molecule is CCC(N)(CC)CNC(=O)Cc1cc(C)ccc1C.Cl. The van der Waals surface area contributed by atoms with Crippen molar-refractivity contribution < 1.29 is 4.79 Å². The lowest BCUT2D eigenvalue weighted by Crippen LogP contribution is -2.49. The molecule has 4 heteroatoms. The number of nitrogens with two attached hydrogens (primary N) is 1. The van der Waals surface area contributed by atoms with Crippen LogP contribution >= 0.6 is 12.4 Å². The number of aryl methyl sites for hydroxylation is 2. The molecule has 0 bridgehead atoms. The maximum atomic E-state index is 12.0. The average Bonchev–Trinajstić information content (AvgIpc) is 2.40. The summed E-state index contributed by atoms with van der Waals surface area (Å²) in [5.74, 6) is 0.0467. The van der Waals surface area contributed by atoms with E-state index in [1.165, 1.54) is 5.56 Å². The molecule has 0 unspecified atom stereocenters. The first kappa shape index (κ1) is 18.9. The molecule has 0 saturated carbocycles. The molecule has 1 amide bonds. The maximum absolute atomic E-state index is 12.0. The van der Waals surface area contributed by atoms with Crippen molar-refractivity contribution in [3.05, 3.63) is 34.9 Å². The molecule has 1 aromatic carbocycles. The lowest BCUT2D eigenvalue weighted by Gasteiger charge is -2.26. The van der Waals surface area contributed by atoms with E-state index in [0.717, 1.165) is 24.0 Å². The highest BCUT2D eigenvalue weighted by molar-refractivity contribution is 5.85. The first-order valence-corrected chi connectivity index (χ1v) is 7.02. The van der Waals surface area contributed by atoms with Crippen molar-refractivity contribution in [3.8, 4) is 0 Å². The quantitative estimate of drug-likeness (QED) is 0.848. The number of hydrogen-bond acceptors (Lipinski definition) is 2. The van der Waals surface area contributed by atoms with Crippen molar-refractivity contribution in [3.63, 3.8) is 0 Å². The second-order valence-corrected chi connectivity index (χ2v) is 5.45. The normalized spacial score (nSPS) is 10.8. The fourth-order valence-electron chi connectivity index (χ4n) is 2.00. The van der Waals surface area contributed by atoms with E-state index < -0.39 is 0 Å². The monoisotopic (exact) mass is 298 g/mol. The number of nitrogens with one attached hydrogen (secondary N) is 1. The summed E-state index contributed by atoms with van der Waals surface area (Å²) in [6, 6.07) is 6.20. The molecule has 20 heavy (non-hydrogen) atoms. The van der Waals surface area contributed by atoms with Crippen LogP contribution in [0.15, 0.2) is 18.2 Å². The fraction of sp³-hybridized carbons (Fsp3) is 0.562. The minimum absolute atomic E-state index is 0. The molecule has 0 aliphatic carbocycles. The molecule has 3 nitrogen and oxygen atoms in total. The minimum Gasteiger partial charge on any atom is -0.354 e. The predicted molar refractivity (Wildman–Crippen MR) is 87.4 cm³/mol. The summed E-state index contributed by atoms with van der Waals surface area (Å²) in [4.78, 5) is 12.0. The third-order valence-electron chi connectivity index (χ3n) is 3.90. The van der Waals surface area contributed by atoms with E-state index >= 15 is 0 Å². The minimum atomic E-state index is -0.280. The Hall–Kier alpha value is -1.06. The molecule has 0 saturated heterocycles. The third-order valence-corrected chi connectivity index (χ3v) is 3.90. The molecule has 0 aromatic heterocycles. The molecule has 0 atom stereocenters. The molecule has 0 aliphatic rings. The van der Waals surface area contributed by atoms with Crippen LogP contribution in [0, 0.1) is 13.8 Å². The molecular weight excluding hydrogens is 272 g/mol. The number of rotatable bonds is 6. The van der Waals surface area contributed by atoms with Crippen molar-refractivity contribution in [2.45, 2.75) is 52.5 Å². The molecule has 114 valence electrons. The van der Waals surface area contributed by atoms with E-state index in [4.69, 9.17) is 5.73 Å². The Labute approximate surface area is 128 Å². The van der Waals surface area contributed by atoms with Gasteiger partial charge in [-0.1, -0.05) is 37.6 Å². The Bertz CT molecular complexity index is 442. The topological polar surface area (TPSA) is 55.1 Å². The summed E-state index contributed by atoms with van der Waals surface area (Å²) in [7, 11) is 0. The van der Waals surface area contributed by atoms with Gasteiger partial charge >= 0.3 is 0 Å². The highest BCUT2D eigenvalue weighted by atomic mass is 35.5. The number of halogens is 1. The smallest absolute Gasteiger partial charge is 0.224 e. The molecule has 0 aliphatic heterocycles. The summed E-state index contributed by atoms with van der Waals surface area (Å²) < 4.78 is 0. The zero-order chi connectivity index (χ0) is 14.5. The second kappa shape index (κ2) is 8.28. The number of carbonyl (C=O) groups is 1. The Morgan fingerprint density at radius 3 is 2.40 bits per heavy atom. The highest BCUT2D eigenvalue weighted by Crippen LogP contribution is 2.12. The molecule has 1 rings (SSSR count). The van der Waals surface area contributed by atoms with Gasteiger partial charge in [0.15, 0.2) is 0 Å². The van der Waals surface area contributed by atoms with Gasteiger partial charge in [0.05, 0.1) is 6.42 Å². The van der Waals surface area contributed by atoms with Crippen LogP contribution < -0.4 is 11.1 Å². The summed E-state index contributed by atoms with van der Waals surface area (Å²) in [5.41, 5.74) is 9.33. The van der Waals surface area contributed by atoms with Gasteiger partial charge in [-0.25, -0.2) is 0 Å². The van der Waals surface area contributed by atoms with Crippen molar-refractivity contribution in [1.82, 2.24) is 5.32 Å². The predicted octanol–water partition coefficient (Wildman–Crippen LogP) is 2.90. The number of amides is 1. The first-order valence-electron chi connectivity index (χ1n) is 7.02. The van der Waals surface area contributed by atoms with Crippen LogP contribution in [0.5, 0.6) is 0 Å². The Kier molecular flexibility index (Phi) is 7.84. The average molecular weight is 299 g/mol. The summed E-state index contributed by atoms with van der Waals surface area (Å²) in [6.07, 6.45) is 2.16. The van der Waals surface area contributed by atoms with E-state index in [-0.39, 0.29) is 23.9 Å². The van der Waals surface area contributed by atoms with Gasteiger partial charge in [0, 0.05) is 12.1 Å². The largest absolute Gasteiger partial charge is 0.354 e. The highest BCUT2D eigenvalue weighted by Gasteiger charge is 2.20. The van der Waals surface area contributed by atoms with Gasteiger partial charge in [-0.15, -0.1) is 12.4 Å². The number of carbonyl (C=O) groups excluding carboxylic acids is 1. The van der Waals surface area contributed by atoms with Gasteiger partial charge < -0.3 is 11.1 Å². The van der Waals surface area contributed by atoms with Crippen LogP contribution in [-0.4, -0.2) is 18.0 Å². The second-order valence-electron chi connectivity index (χ2n) is 5.45. The molecule has 0 radical (unpaired) electrons. The van der Waals surface area contributed by atoms with Crippen LogP contribution in [0.4, 0.5) is 0 Å². The molecule has 1 aromatic rings. The van der Waals surface area contributed by atoms with E-state index in [2.05, 4.69) is 37.4 Å². The van der Waals surface area contributed by atoms with Gasteiger partial charge in [0.1, 0.15) is 0 Å². The fourth-order valence-corrected chi connectivity index (χ4v) is 2.00. The Morgan fingerprint density at radius 1 is 1.25 bits per heavy atom. The van der Waals surface area contributed by atoms with Gasteiger partial charge in [-0.05, 0) is 37.8 Å². The maximum Gasteiger partial charge on any atom is 0.224 e. The Morgan fingerprint density at radius 2 is 1.85 bits per heavy atom. The van der Waals surface area contributed by atoms with Crippen molar-refractivity contribution in [2.75, 3.05) is 6.54 Å². The van der Waals surface area contributed by atoms with Gasteiger partial charge in [0.25, 0.3) is 0 Å². The first-order chi connectivity index (χ1) is 8.90. The molecule has 0 heterocycles. The zero-order valence-corrected chi connectivity index (χ0v) is 13.8. The van der Waals surface area contributed by atoms with Crippen LogP contribution in [-0.2, 0) is 11.2 Å². The standard InChI is InChI=1S/C16H26N2O.ClH/c1-5-16(17,6-2)11-18-15(19)10-14-9-12(3)7-8-13(14)4;/h7-9H,5-6,10-11,17H2,1-4H3,(H,18,19);1H. The van der Waals surface area contributed by atoms with Crippen LogP contribution in [0.25, 0.3) is 0 Å². The van der Waals surface area contributed by atoms with E-state index in [1.807, 2.05) is 13.8 Å². The molecule has 3 N–H and O–H groups in total. The van der Waals surface area contributed by atoms with E-state index in [1.54, 1.807) is 0 Å². The number of hydrogen-bond donors (Lipinski definition) is 2.